The molecule has 1 aromatic carbocycles. The Balaban J connectivity index is 1.57. The molecule has 0 unspecified atom stereocenters. The van der Waals surface area contributed by atoms with Gasteiger partial charge in [0.25, 0.3) is 5.91 Å². The van der Waals surface area contributed by atoms with Crippen LogP contribution in [0.1, 0.15) is 54.6 Å². The highest BCUT2D eigenvalue weighted by Crippen LogP contribution is 2.39. The minimum absolute atomic E-state index is 0.0399. The maximum Gasteiger partial charge on any atom is 0.254 e. The van der Waals surface area contributed by atoms with Gasteiger partial charge in [0.05, 0.1) is 11.7 Å². The van der Waals surface area contributed by atoms with Gasteiger partial charge in [-0.05, 0) is 49.1 Å². The zero-order chi connectivity index (χ0) is 22.4. The van der Waals surface area contributed by atoms with Crippen molar-refractivity contribution in [2.45, 2.75) is 45.7 Å². The molecule has 4 heterocycles. The maximum atomic E-state index is 13.3. The topological polar surface area (TPSA) is 84.2 Å². The van der Waals surface area contributed by atoms with Gasteiger partial charge in [0, 0.05) is 38.0 Å². The molecule has 0 N–H and O–H groups in total. The van der Waals surface area contributed by atoms with Gasteiger partial charge in [-0.1, -0.05) is 6.92 Å². The molecular weight excluding hydrogens is 431 g/mol. The Morgan fingerprint density at radius 2 is 1.97 bits per heavy atom. The Labute approximate surface area is 188 Å². The summed E-state index contributed by atoms with van der Waals surface area (Å²) in [4.78, 5) is 38.7. The van der Waals surface area contributed by atoms with Gasteiger partial charge in [-0.25, -0.2) is 14.4 Å². The summed E-state index contributed by atoms with van der Waals surface area (Å²) in [6.45, 7) is 5.55. The van der Waals surface area contributed by atoms with Crippen LogP contribution in [0.4, 0.5) is 10.2 Å². The van der Waals surface area contributed by atoms with Gasteiger partial charge in [0.15, 0.2) is 16.6 Å². The van der Waals surface area contributed by atoms with Crippen molar-refractivity contribution in [1.82, 2.24) is 23.8 Å². The van der Waals surface area contributed by atoms with Crippen LogP contribution in [0.3, 0.4) is 0 Å². The van der Waals surface area contributed by atoms with E-state index in [2.05, 4.69) is 13.9 Å². The number of benzene rings is 1. The molecule has 5 rings (SSSR count). The first-order valence-electron chi connectivity index (χ1n) is 10.8. The third-order valence-electron chi connectivity index (χ3n) is 6.07. The fourth-order valence-electron chi connectivity index (χ4n) is 4.40. The summed E-state index contributed by atoms with van der Waals surface area (Å²) in [5, 5.41) is 0.714. The first kappa shape index (κ1) is 20.7. The van der Waals surface area contributed by atoms with Crippen LogP contribution in [0, 0.1) is 5.82 Å². The van der Waals surface area contributed by atoms with E-state index in [1.165, 1.54) is 35.8 Å². The van der Waals surface area contributed by atoms with Crippen LogP contribution in [0.5, 0.6) is 0 Å². The minimum atomic E-state index is -0.380. The number of fused-ring (bicyclic) bond motifs is 1. The summed E-state index contributed by atoms with van der Waals surface area (Å²) in [6, 6.07) is 5.27. The number of carbonyl (C=O) groups excluding carboxylic acids is 2. The van der Waals surface area contributed by atoms with Crippen LogP contribution in [0.2, 0.25) is 0 Å². The van der Waals surface area contributed by atoms with E-state index < -0.39 is 0 Å². The molecule has 1 saturated heterocycles. The second-order valence-electron chi connectivity index (χ2n) is 8.00. The molecule has 2 aliphatic heterocycles. The zero-order valence-electron chi connectivity index (χ0n) is 17.9. The van der Waals surface area contributed by atoms with E-state index in [-0.39, 0.29) is 23.7 Å². The first-order valence-corrected chi connectivity index (χ1v) is 11.6. The lowest BCUT2D eigenvalue weighted by Gasteiger charge is -2.36. The third-order valence-corrected chi connectivity index (χ3v) is 6.82. The van der Waals surface area contributed by atoms with Crippen molar-refractivity contribution in [3.8, 4) is 10.8 Å². The second kappa shape index (κ2) is 8.09. The molecule has 0 spiro atoms. The number of hydrogen-bond acceptors (Lipinski definition) is 6. The molecule has 0 aliphatic carbocycles. The van der Waals surface area contributed by atoms with Crippen LogP contribution in [0.25, 0.3) is 10.8 Å². The molecule has 3 aromatic rings. The SMILES string of the molecule is CCc1nsc(-c2nc(N3CCCC3=O)c3n2CCN(C(=O)c2ccc(F)cc2)[C@@H]3C)n1. The number of aryl methyl sites for hydroxylation is 1. The number of nitrogens with zero attached hydrogens (tertiary/aromatic N) is 6. The van der Waals surface area contributed by atoms with Crippen LogP contribution in [-0.4, -0.2) is 48.7 Å². The van der Waals surface area contributed by atoms with Gasteiger partial charge >= 0.3 is 0 Å². The van der Waals surface area contributed by atoms with Crippen molar-refractivity contribution < 1.29 is 14.0 Å². The maximum absolute atomic E-state index is 13.3. The van der Waals surface area contributed by atoms with E-state index in [0.717, 1.165) is 24.4 Å². The predicted octanol–water partition coefficient (Wildman–Crippen LogP) is 3.45. The lowest BCUT2D eigenvalue weighted by molar-refractivity contribution is -0.117. The van der Waals surface area contributed by atoms with Crippen LogP contribution < -0.4 is 4.90 Å². The third kappa shape index (κ3) is 3.38. The van der Waals surface area contributed by atoms with Crippen molar-refractivity contribution in [1.29, 1.82) is 0 Å². The molecule has 32 heavy (non-hydrogen) atoms. The minimum Gasteiger partial charge on any atom is -0.328 e. The Morgan fingerprint density at radius 1 is 1.19 bits per heavy atom. The van der Waals surface area contributed by atoms with Crippen molar-refractivity contribution in [3.63, 3.8) is 0 Å². The highest BCUT2D eigenvalue weighted by molar-refractivity contribution is 7.09. The van der Waals surface area contributed by atoms with Gasteiger partial charge in [-0.2, -0.15) is 4.37 Å². The molecule has 0 bridgehead atoms. The number of rotatable bonds is 4. The lowest BCUT2D eigenvalue weighted by Crippen LogP contribution is -2.42. The van der Waals surface area contributed by atoms with Crippen LogP contribution >= 0.6 is 11.5 Å². The zero-order valence-corrected chi connectivity index (χ0v) is 18.7. The summed E-state index contributed by atoms with van der Waals surface area (Å²) in [5.74, 6) is 1.53. The Kier molecular flexibility index (Phi) is 5.24. The Bertz CT molecular complexity index is 1190. The molecule has 0 saturated carbocycles. The fourth-order valence-corrected chi connectivity index (χ4v) is 5.14. The van der Waals surface area contributed by atoms with Crippen LogP contribution in [0.15, 0.2) is 24.3 Å². The van der Waals surface area contributed by atoms with Crippen LogP contribution in [-0.2, 0) is 17.8 Å². The van der Waals surface area contributed by atoms with Gasteiger partial charge in [0.2, 0.25) is 5.91 Å². The summed E-state index contributed by atoms with van der Waals surface area (Å²) in [5.41, 5.74) is 1.26. The molecule has 2 aromatic heterocycles. The Morgan fingerprint density at radius 3 is 2.62 bits per heavy atom. The number of halogens is 1. The lowest BCUT2D eigenvalue weighted by atomic mass is 10.1. The number of hydrogen-bond donors (Lipinski definition) is 0. The highest BCUT2D eigenvalue weighted by Gasteiger charge is 2.38. The van der Waals surface area contributed by atoms with E-state index in [1.54, 1.807) is 9.80 Å². The van der Waals surface area contributed by atoms with Gasteiger partial charge in [-0.15, -0.1) is 0 Å². The number of imidazole rings is 1. The fraction of sp³-hybridized carbons (Fsp3) is 0.409. The summed E-state index contributed by atoms with van der Waals surface area (Å²) < 4.78 is 19.8. The number of aromatic nitrogens is 4. The molecule has 1 atom stereocenters. The van der Waals surface area contributed by atoms with Gasteiger partial charge < -0.3 is 9.47 Å². The number of carbonyl (C=O) groups is 2. The van der Waals surface area contributed by atoms with E-state index in [0.29, 0.717) is 48.3 Å². The van der Waals surface area contributed by atoms with E-state index in [4.69, 9.17) is 4.98 Å². The summed E-state index contributed by atoms with van der Waals surface area (Å²) >= 11 is 1.30. The van der Waals surface area contributed by atoms with Crippen molar-refractivity contribution in [3.05, 3.63) is 47.2 Å². The smallest absolute Gasteiger partial charge is 0.254 e. The molecule has 2 amide bonds. The normalized spacial score (nSPS) is 18.3. The second-order valence-corrected chi connectivity index (χ2v) is 8.75. The number of anilines is 1. The Hall–Kier alpha value is -3.14. The highest BCUT2D eigenvalue weighted by atomic mass is 32.1. The summed E-state index contributed by atoms with van der Waals surface area (Å²) in [7, 11) is 0. The molecule has 10 heteroatoms. The first-order chi connectivity index (χ1) is 15.5. The molecule has 1 fully saturated rings. The predicted molar refractivity (Wildman–Crippen MR) is 118 cm³/mol. The average Bonchev–Trinajstić information content (AvgIpc) is 3.52. The molecule has 166 valence electrons. The van der Waals surface area contributed by atoms with Crippen molar-refractivity contribution in [2.75, 3.05) is 18.0 Å². The molecular formula is C22H23FN6O2S. The quantitative estimate of drug-likeness (QED) is 0.603. The molecule has 2 aliphatic rings. The van der Waals surface area contributed by atoms with Crippen molar-refractivity contribution in [2.24, 2.45) is 0 Å². The van der Waals surface area contributed by atoms with Gasteiger partial charge in [0.1, 0.15) is 11.6 Å². The largest absolute Gasteiger partial charge is 0.328 e. The number of amides is 2. The summed E-state index contributed by atoms with van der Waals surface area (Å²) in [6.07, 6.45) is 2.01. The van der Waals surface area contributed by atoms with Gasteiger partial charge in [-0.3, -0.25) is 14.5 Å². The molecule has 8 nitrogen and oxygen atoms in total. The average molecular weight is 455 g/mol. The standard InChI is InChI=1S/C22H23FN6O2S/c1-3-16-24-21(32-26-16)20-25-19(28-10-4-5-17(28)30)18-13(2)27(11-12-29(18)20)22(31)14-6-8-15(23)9-7-14/h6-9,13H,3-5,10-12H2,1-2H3/t13-/m1/s1. The molecule has 0 radical (unpaired) electrons. The van der Waals surface area contributed by atoms with Crippen molar-refractivity contribution >= 4 is 29.2 Å². The van der Waals surface area contributed by atoms with E-state index >= 15 is 0 Å². The monoisotopic (exact) mass is 454 g/mol. The van der Waals surface area contributed by atoms with E-state index in [1.807, 2.05) is 13.8 Å². The van der Waals surface area contributed by atoms with E-state index in [9.17, 15) is 14.0 Å².